The summed E-state index contributed by atoms with van der Waals surface area (Å²) >= 11 is 3.31. The lowest BCUT2D eigenvalue weighted by molar-refractivity contribution is -0.119. The molecule has 0 aromatic carbocycles. The second-order valence-electron chi connectivity index (χ2n) is 3.66. The lowest BCUT2D eigenvalue weighted by Crippen LogP contribution is -2.10. The molecule has 0 saturated carbocycles. The molecule has 90 valence electrons. The SMILES string of the molecule is CCCCC(C(=O)N=[N+]=[N-])c1cncc(Br)c1. The number of unbranched alkanes of at least 4 members (excludes halogenated alkanes) is 1. The Kier molecular flexibility index (Phi) is 5.66. The zero-order valence-electron chi connectivity index (χ0n) is 9.51. The summed E-state index contributed by atoms with van der Waals surface area (Å²) in [6.07, 6.45) is 5.85. The maximum atomic E-state index is 11.7. The normalized spacial score (nSPS) is 11.6. The van der Waals surface area contributed by atoms with E-state index in [9.17, 15) is 4.79 Å². The van der Waals surface area contributed by atoms with Crippen molar-refractivity contribution in [3.8, 4) is 0 Å². The highest BCUT2D eigenvalue weighted by atomic mass is 79.9. The van der Waals surface area contributed by atoms with E-state index in [4.69, 9.17) is 5.53 Å². The van der Waals surface area contributed by atoms with Gasteiger partial charge in [0.25, 0.3) is 0 Å². The van der Waals surface area contributed by atoms with Crippen molar-refractivity contribution in [3.05, 3.63) is 38.9 Å². The minimum Gasteiger partial charge on any atom is -0.292 e. The Morgan fingerprint density at radius 2 is 2.41 bits per heavy atom. The quantitative estimate of drug-likeness (QED) is 0.468. The van der Waals surface area contributed by atoms with Gasteiger partial charge in [0.15, 0.2) is 0 Å². The molecule has 1 rings (SSSR count). The zero-order chi connectivity index (χ0) is 12.7. The molecule has 1 atom stereocenters. The minimum atomic E-state index is -0.444. The summed E-state index contributed by atoms with van der Waals surface area (Å²) in [4.78, 5) is 18.3. The van der Waals surface area contributed by atoms with Crippen LogP contribution in [0.2, 0.25) is 0 Å². The van der Waals surface area contributed by atoms with Crippen LogP contribution in [0.1, 0.15) is 37.7 Å². The first-order chi connectivity index (χ1) is 8.19. The molecule has 0 radical (unpaired) electrons. The highest BCUT2D eigenvalue weighted by Crippen LogP contribution is 2.25. The van der Waals surface area contributed by atoms with Gasteiger partial charge in [-0.05, 0) is 44.6 Å². The van der Waals surface area contributed by atoms with Crippen LogP contribution >= 0.6 is 15.9 Å². The molecule has 1 aromatic rings. The summed E-state index contributed by atoms with van der Waals surface area (Å²) in [5.74, 6) is -0.836. The maximum absolute atomic E-state index is 11.7. The van der Waals surface area contributed by atoms with Crippen molar-refractivity contribution in [1.29, 1.82) is 0 Å². The maximum Gasteiger partial charge on any atom is 0.226 e. The summed E-state index contributed by atoms with van der Waals surface area (Å²) in [5.41, 5.74) is 9.11. The first-order valence-corrected chi connectivity index (χ1v) is 6.17. The molecule has 1 aromatic heterocycles. The zero-order valence-corrected chi connectivity index (χ0v) is 11.1. The third-order valence-corrected chi connectivity index (χ3v) is 2.85. The number of carbonyl (C=O) groups is 1. The average Bonchev–Trinajstić information content (AvgIpc) is 2.30. The molecule has 1 amide bonds. The lowest BCUT2D eigenvalue weighted by Gasteiger charge is -2.12. The molecule has 6 heteroatoms. The van der Waals surface area contributed by atoms with Crippen LogP contribution in [0.4, 0.5) is 0 Å². The van der Waals surface area contributed by atoms with Crippen LogP contribution in [0.5, 0.6) is 0 Å². The first-order valence-electron chi connectivity index (χ1n) is 5.38. The van der Waals surface area contributed by atoms with Gasteiger partial charge in [0, 0.05) is 21.8 Å². The Morgan fingerprint density at radius 3 is 3.00 bits per heavy atom. The number of hydrogen-bond donors (Lipinski definition) is 0. The van der Waals surface area contributed by atoms with Crippen LogP contribution < -0.4 is 0 Å². The predicted molar refractivity (Wildman–Crippen MR) is 68.4 cm³/mol. The van der Waals surface area contributed by atoms with Crippen molar-refractivity contribution in [2.75, 3.05) is 0 Å². The van der Waals surface area contributed by atoms with E-state index in [1.807, 2.05) is 13.0 Å². The molecular formula is C11H13BrN4O. The number of pyridine rings is 1. The number of aromatic nitrogens is 1. The summed E-state index contributed by atoms with van der Waals surface area (Å²) in [6, 6.07) is 1.83. The van der Waals surface area contributed by atoms with Crippen LogP contribution in [-0.2, 0) is 4.79 Å². The van der Waals surface area contributed by atoms with Gasteiger partial charge in [-0.15, -0.1) is 0 Å². The van der Waals surface area contributed by atoms with E-state index >= 15 is 0 Å². The van der Waals surface area contributed by atoms with Crippen LogP contribution in [0, 0.1) is 0 Å². The molecule has 0 aliphatic rings. The molecule has 0 N–H and O–H groups in total. The third kappa shape index (κ3) is 4.17. The molecule has 0 saturated heterocycles. The predicted octanol–water partition coefficient (Wildman–Crippen LogP) is 3.95. The molecule has 0 aliphatic carbocycles. The highest BCUT2D eigenvalue weighted by Gasteiger charge is 2.19. The minimum absolute atomic E-state index is 0.393. The van der Waals surface area contributed by atoms with E-state index in [2.05, 4.69) is 30.9 Å². The van der Waals surface area contributed by atoms with Crippen molar-refractivity contribution in [2.45, 2.75) is 32.1 Å². The van der Waals surface area contributed by atoms with Crippen LogP contribution in [0.3, 0.4) is 0 Å². The molecule has 1 heterocycles. The van der Waals surface area contributed by atoms with E-state index < -0.39 is 11.8 Å². The standard InChI is InChI=1S/C11H13BrN4O/c1-2-3-4-10(11(17)15-16-13)8-5-9(12)7-14-6-8/h5-7,10H,2-4H2,1H3. The van der Waals surface area contributed by atoms with Crippen molar-refractivity contribution in [2.24, 2.45) is 5.11 Å². The van der Waals surface area contributed by atoms with Crippen molar-refractivity contribution in [1.82, 2.24) is 4.98 Å². The van der Waals surface area contributed by atoms with Crippen molar-refractivity contribution in [3.63, 3.8) is 0 Å². The van der Waals surface area contributed by atoms with Gasteiger partial charge in [0.1, 0.15) is 0 Å². The van der Waals surface area contributed by atoms with Crippen molar-refractivity contribution < 1.29 is 4.79 Å². The van der Waals surface area contributed by atoms with E-state index in [0.717, 1.165) is 22.9 Å². The molecule has 0 fully saturated rings. The second-order valence-corrected chi connectivity index (χ2v) is 4.57. The number of azide groups is 1. The molecule has 17 heavy (non-hydrogen) atoms. The first kappa shape index (κ1) is 13.7. The lowest BCUT2D eigenvalue weighted by atomic mass is 9.94. The third-order valence-electron chi connectivity index (χ3n) is 2.42. The number of nitrogens with zero attached hydrogens (tertiary/aromatic N) is 4. The number of carbonyl (C=O) groups excluding carboxylic acids is 1. The van der Waals surface area contributed by atoms with Crippen molar-refractivity contribution >= 4 is 21.8 Å². The molecule has 5 nitrogen and oxygen atoms in total. The fourth-order valence-electron chi connectivity index (χ4n) is 1.57. The Balaban J connectivity index is 2.96. The Bertz CT molecular complexity index is 443. The summed E-state index contributed by atoms with van der Waals surface area (Å²) < 4.78 is 0.810. The van der Waals surface area contributed by atoms with E-state index in [1.54, 1.807) is 12.4 Å². The fourth-order valence-corrected chi connectivity index (χ4v) is 1.96. The number of hydrogen-bond acceptors (Lipinski definition) is 2. The van der Waals surface area contributed by atoms with Crippen LogP contribution in [0.25, 0.3) is 10.4 Å². The fraction of sp³-hybridized carbons (Fsp3) is 0.455. The van der Waals surface area contributed by atoms with Crippen LogP contribution in [0.15, 0.2) is 28.0 Å². The highest BCUT2D eigenvalue weighted by molar-refractivity contribution is 9.10. The monoisotopic (exact) mass is 296 g/mol. The molecule has 0 bridgehead atoms. The Labute approximate surface area is 108 Å². The van der Waals surface area contributed by atoms with E-state index in [0.29, 0.717) is 6.42 Å². The molecule has 0 aliphatic heterocycles. The summed E-state index contributed by atoms with van der Waals surface area (Å²) in [5, 5.41) is 3.18. The van der Waals surface area contributed by atoms with Gasteiger partial charge in [0.05, 0.1) is 5.92 Å². The van der Waals surface area contributed by atoms with E-state index in [1.165, 1.54) is 0 Å². The molecular weight excluding hydrogens is 284 g/mol. The summed E-state index contributed by atoms with van der Waals surface area (Å²) in [7, 11) is 0. The van der Waals surface area contributed by atoms with Gasteiger partial charge in [-0.2, -0.15) is 0 Å². The second kappa shape index (κ2) is 7.04. The van der Waals surface area contributed by atoms with Gasteiger partial charge < -0.3 is 0 Å². The molecule has 1 unspecified atom stereocenters. The topological polar surface area (TPSA) is 78.7 Å². The molecule has 0 spiro atoms. The Morgan fingerprint density at radius 1 is 1.65 bits per heavy atom. The largest absolute Gasteiger partial charge is 0.292 e. The average molecular weight is 297 g/mol. The number of halogens is 1. The van der Waals surface area contributed by atoms with Gasteiger partial charge in [-0.1, -0.05) is 19.8 Å². The van der Waals surface area contributed by atoms with Crippen LogP contribution in [-0.4, -0.2) is 10.9 Å². The number of amides is 1. The van der Waals surface area contributed by atoms with Gasteiger partial charge >= 0.3 is 0 Å². The Hall–Kier alpha value is -1.39. The van der Waals surface area contributed by atoms with Gasteiger partial charge in [-0.3, -0.25) is 9.78 Å². The smallest absolute Gasteiger partial charge is 0.226 e. The summed E-state index contributed by atoms with van der Waals surface area (Å²) in [6.45, 7) is 2.05. The van der Waals surface area contributed by atoms with Gasteiger partial charge in [0.2, 0.25) is 5.91 Å². The van der Waals surface area contributed by atoms with E-state index in [-0.39, 0.29) is 0 Å². The van der Waals surface area contributed by atoms with Gasteiger partial charge in [-0.25, -0.2) is 0 Å². The number of rotatable bonds is 5.